The van der Waals surface area contributed by atoms with Crippen LogP contribution in [0.25, 0.3) is 0 Å². The third kappa shape index (κ3) is 5.11. The molecule has 3 atom stereocenters. The van der Waals surface area contributed by atoms with Crippen molar-refractivity contribution in [3.63, 3.8) is 0 Å². The van der Waals surface area contributed by atoms with Gasteiger partial charge in [0.25, 0.3) is 0 Å². The Labute approximate surface area is 96.4 Å². The van der Waals surface area contributed by atoms with E-state index >= 15 is 0 Å². The van der Waals surface area contributed by atoms with Gasteiger partial charge < -0.3 is 16.2 Å². The standard InChI is InChI=1S/C11H22N2O3/c1-4-5-6-9(11(15)16)13-10(14)7(2)8(3)12/h7-9H,4-6,12H2,1-3H3,(H,13,14)(H,15,16)/t7?,8?,9-/m0/s1. The normalized spacial score (nSPS) is 16.2. The number of unbranched alkanes of at least 4 members (excludes halogenated alkanes) is 1. The van der Waals surface area contributed by atoms with Gasteiger partial charge in [0.15, 0.2) is 0 Å². The number of carbonyl (C=O) groups is 2. The van der Waals surface area contributed by atoms with Gasteiger partial charge in [-0.25, -0.2) is 4.79 Å². The summed E-state index contributed by atoms with van der Waals surface area (Å²) in [6, 6.07) is -1.07. The fourth-order valence-electron chi connectivity index (χ4n) is 1.21. The maximum atomic E-state index is 11.6. The molecule has 0 aliphatic carbocycles. The molecule has 0 heterocycles. The van der Waals surface area contributed by atoms with Crippen LogP contribution in [0.3, 0.4) is 0 Å². The highest BCUT2D eigenvalue weighted by Gasteiger charge is 2.23. The number of hydrogen-bond donors (Lipinski definition) is 3. The third-order valence-corrected chi connectivity index (χ3v) is 2.66. The molecule has 5 heteroatoms. The first-order chi connectivity index (χ1) is 7.40. The molecule has 0 aliphatic heterocycles. The number of hydrogen-bond acceptors (Lipinski definition) is 3. The van der Waals surface area contributed by atoms with E-state index < -0.39 is 12.0 Å². The summed E-state index contributed by atoms with van der Waals surface area (Å²) in [6.07, 6.45) is 2.15. The summed E-state index contributed by atoms with van der Waals surface area (Å²) >= 11 is 0. The van der Waals surface area contributed by atoms with Crippen molar-refractivity contribution in [2.24, 2.45) is 11.7 Å². The minimum Gasteiger partial charge on any atom is -0.480 e. The molecule has 5 nitrogen and oxygen atoms in total. The van der Waals surface area contributed by atoms with Crippen molar-refractivity contribution in [2.45, 2.75) is 52.1 Å². The molecule has 2 unspecified atom stereocenters. The maximum absolute atomic E-state index is 11.6. The van der Waals surface area contributed by atoms with E-state index in [0.717, 1.165) is 12.8 Å². The van der Waals surface area contributed by atoms with E-state index in [9.17, 15) is 9.59 Å². The number of aliphatic carboxylic acids is 1. The first kappa shape index (κ1) is 14.9. The monoisotopic (exact) mass is 230 g/mol. The van der Waals surface area contributed by atoms with Crippen molar-refractivity contribution in [2.75, 3.05) is 0 Å². The largest absolute Gasteiger partial charge is 0.480 e. The molecule has 94 valence electrons. The Morgan fingerprint density at radius 2 is 1.94 bits per heavy atom. The van der Waals surface area contributed by atoms with E-state index in [4.69, 9.17) is 10.8 Å². The number of amides is 1. The van der Waals surface area contributed by atoms with Crippen molar-refractivity contribution < 1.29 is 14.7 Å². The second-order valence-corrected chi connectivity index (χ2v) is 4.19. The first-order valence-corrected chi connectivity index (χ1v) is 5.68. The van der Waals surface area contributed by atoms with E-state index in [1.54, 1.807) is 13.8 Å². The fourth-order valence-corrected chi connectivity index (χ4v) is 1.21. The Bertz CT molecular complexity index is 241. The smallest absolute Gasteiger partial charge is 0.326 e. The number of nitrogens with two attached hydrogens (primary N) is 1. The number of carboxylic acid groups (broad SMARTS) is 1. The van der Waals surface area contributed by atoms with Crippen LogP contribution in [-0.4, -0.2) is 29.1 Å². The van der Waals surface area contributed by atoms with E-state index in [1.807, 2.05) is 6.92 Å². The van der Waals surface area contributed by atoms with Crippen molar-refractivity contribution in [1.29, 1.82) is 0 Å². The fraction of sp³-hybridized carbons (Fsp3) is 0.818. The van der Waals surface area contributed by atoms with Gasteiger partial charge >= 0.3 is 5.97 Å². The third-order valence-electron chi connectivity index (χ3n) is 2.66. The van der Waals surface area contributed by atoms with Gasteiger partial charge in [-0.2, -0.15) is 0 Å². The summed E-state index contributed by atoms with van der Waals surface area (Å²) < 4.78 is 0. The lowest BCUT2D eigenvalue weighted by molar-refractivity contribution is -0.142. The summed E-state index contributed by atoms with van der Waals surface area (Å²) in [5.74, 6) is -1.65. The molecular weight excluding hydrogens is 208 g/mol. The highest BCUT2D eigenvalue weighted by atomic mass is 16.4. The van der Waals surface area contributed by atoms with Gasteiger partial charge in [-0.1, -0.05) is 26.7 Å². The van der Waals surface area contributed by atoms with Crippen LogP contribution in [0, 0.1) is 5.92 Å². The van der Waals surface area contributed by atoms with Gasteiger partial charge in [0.2, 0.25) is 5.91 Å². The number of rotatable bonds is 7. The predicted molar refractivity (Wildman–Crippen MR) is 61.9 cm³/mol. The highest BCUT2D eigenvalue weighted by molar-refractivity contribution is 5.85. The molecule has 0 aromatic carbocycles. The van der Waals surface area contributed by atoms with Gasteiger partial charge in [0, 0.05) is 12.0 Å². The lowest BCUT2D eigenvalue weighted by Crippen LogP contribution is -2.46. The SMILES string of the molecule is CCCC[C@H](NC(=O)C(C)C(C)N)C(=O)O. The average Bonchev–Trinajstić information content (AvgIpc) is 2.21. The summed E-state index contributed by atoms with van der Waals surface area (Å²) in [6.45, 7) is 5.40. The quantitative estimate of drug-likeness (QED) is 0.601. The predicted octanol–water partition coefficient (Wildman–Crippen LogP) is 0.729. The molecule has 0 aliphatic rings. The molecule has 16 heavy (non-hydrogen) atoms. The summed E-state index contributed by atoms with van der Waals surface area (Å²) in [5.41, 5.74) is 5.58. The van der Waals surface area contributed by atoms with Crippen molar-refractivity contribution in [3.8, 4) is 0 Å². The Morgan fingerprint density at radius 1 is 1.38 bits per heavy atom. The Balaban J connectivity index is 4.28. The van der Waals surface area contributed by atoms with Crippen LogP contribution in [0.4, 0.5) is 0 Å². The molecular formula is C11H22N2O3. The van der Waals surface area contributed by atoms with Crippen molar-refractivity contribution in [3.05, 3.63) is 0 Å². The highest BCUT2D eigenvalue weighted by Crippen LogP contribution is 2.05. The Morgan fingerprint density at radius 3 is 2.31 bits per heavy atom. The van der Waals surface area contributed by atoms with Crippen LogP contribution in [0.1, 0.15) is 40.0 Å². The first-order valence-electron chi connectivity index (χ1n) is 5.68. The Kier molecular flexibility index (Phi) is 6.72. The van der Waals surface area contributed by atoms with Gasteiger partial charge in [-0.05, 0) is 13.3 Å². The summed E-state index contributed by atoms with van der Waals surface area (Å²) in [4.78, 5) is 22.5. The molecule has 0 bridgehead atoms. The van der Waals surface area contributed by atoms with Gasteiger partial charge in [0.05, 0.1) is 0 Å². The molecule has 0 saturated heterocycles. The van der Waals surface area contributed by atoms with Crippen LogP contribution in [0.15, 0.2) is 0 Å². The van der Waals surface area contributed by atoms with E-state index in [0.29, 0.717) is 6.42 Å². The van der Waals surface area contributed by atoms with Crippen molar-refractivity contribution >= 4 is 11.9 Å². The van der Waals surface area contributed by atoms with E-state index in [1.165, 1.54) is 0 Å². The molecule has 0 spiro atoms. The zero-order valence-corrected chi connectivity index (χ0v) is 10.2. The zero-order chi connectivity index (χ0) is 12.7. The minimum absolute atomic E-state index is 0.277. The zero-order valence-electron chi connectivity index (χ0n) is 10.2. The average molecular weight is 230 g/mol. The molecule has 0 fully saturated rings. The van der Waals surface area contributed by atoms with Crippen molar-refractivity contribution in [1.82, 2.24) is 5.32 Å². The van der Waals surface area contributed by atoms with Crippen LogP contribution in [0.5, 0.6) is 0 Å². The Hall–Kier alpha value is -1.10. The molecule has 0 aromatic rings. The number of nitrogens with one attached hydrogen (secondary N) is 1. The minimum atomic E-state index is -0.987. The van der Waals surface area contributed by atoms with Crippen LogP contribution < -0.4 is 11.1 Å². The lowest BCUT2D eigenvalue weighted by Gasteiger charge is -2.19. The van der Waals surface area contributed by atoms with E-state index in [2.05, 4.69) is 5.32 Å². The van der Waals surface area contributed by atoms with E-state index in [-0.39, 0.29) is 17.9 Å². The molecule has 0 saturated carbocycles. The number of carbonyl (C=O) groups excluding carboxylic acids is 1. The van der Waals surface area contributed by atoms with Crippen LogP contribution in [0.2, 0.25) is 0 Å². The molecule has 4 N–H and O–H groups in total. The summed E-state index contributed by atoms with van der Waals surface area (Å²) in [5, 5.41) is 11.4. The molecule has 0 aromatic heterocycles. The second kappa shape index (κ2) is 7.22. The molecule has 1 amide bonds. The molecule has 0 rings (SSSR count). The maximum Gasteiger partial charge on any atom is 0.326 e. The van der Waals surface area contributed by atoms with Gasteiger partial charge in [0.1, 0.15) is 6.04 Å². The van der Waals surface area contributed by atoms with Crippen LogP contribution in [-0.2, 0) is 9.59 Å². The van der Waals surface area contributed by atoms with Gasteiger partial charge in [-0.15, -0.1) is 0 Å². The van der Waals surface area contributed by atoms with Gasteiger partial charge in [-0.3, -0.25) is 4.79 Å². The summed E-state index contributed by atoms with van der Waals surface area (Å²) in [7, 11) is 0. The topological polar surface area (TPSA) is 92.4 Å². The lowest BCUT2D eigenvalue weighted by atomic mass is 10.0. The van der Waals surface area contributed by atoms with Crippen LogP contribution >= 0.6 is 0 Å². The molecule has 0 radical (unpaired) electrons. The number of carboxylic acids is 1. The second-order valence-electron chi connectivity index (χ2n) is 4.19.